The highest BCUT2D eigenvalue weighted by Crippen LogP contribution is 2.11. The summed E-state index contributed by atoms with van der Waals surface area (Å²) in [4.78, 5) is 0. The maximum absolute atomic E-state index is 13.2. The number of halogens is 1. The summed E-state index contributed by atoms with van der Waals surface area (Å²) < 4.78 is 18.9. The van der Waals surface area contributed by atoms with Crippen molar-refractivity contribution in [3.63, 3.8) is 0 Å². The first-order valence-electron chi connectivity index (χ1n) is 6.16. The molecular weight excluding hydrogens is 234 g/mol. The molecule has 1 unspecified atom stereocenters. The van der Waals surface area contributed by atoms with Gasteiger partial charge in [0.2, 0.25) is 0 Å². The number of hydrogen-bond acceptors (Lipinski definition) is 3. The quantitative estimate of drug-likeness (QED) is 0.755. The van der Waals surface area contributed by atoms with E-state index in [1.165, 1.54) is 12.1 Å². The fourth-order valence-electron chi connectivity index (χ4n) is 1.85. The Hall–Kier alpha value is -0.905. The summed E-state index contributed by atoms with van der Waals surface area (Å²) in [5, 5.41) is 18.0. The molecule has 0 aliphatic carbocycles. The highest BCUT2D eigenvalue weighted by molar-refractivity contribution is 6.58. The average molecular weight is 254 g/mol. The molecule has 0 amide bonds. The Balaban J connectivity index is 2.60. The standard InChI is InChI=1S/C13H20BFO3/c1-9(2)6-10(3)18-8-11-4-5-13(15)12(7-11)14(16)17/h4-5,7,9-10,16-17H,6,8H2,1-3H3. The molecule has 0 aliphatic rings. The van der Waals surface area contributed by atoms with Crippen LogP contribution >= 0.6 is 0 Å². The largest absolute Gasteiger partial charge is 0.491 e. The second-order valence-corrected chi connectivity index (χ2v) is 4.98. The molecular formula is C13H20BFO3. The van der Waals surface area contributed by atoms with Crippen LogP contribution in [0.15, 0.2) is 18.2 Å². The monoisotopic (exact) mass is 254 g/mol. The number of ether oxygens (including phenoxy) is 1. The van der Waals surface area contributed by atoms with Crippen molar-refractivity contribution in [2.75, 3.05) is 0 Å². The minimum absolute atomic E-state index is 0.118. The van der Waals surface area contributed by atoms with E-state index in [9.17, 15) is 4.39 Å². The summed E-state index contributed by atoms with van der Waals surface area (Å²) in [5.74, 6) is -0.0629. The summed E-state index contributed by atoms with van der Waals surface area (Å²) >= 11 is 0. The Morgan fingerprint density at radius 1 is 1.28 bits per heavy atom. The second kappa shape index (κ2) is 6.88. The van der Waals surface area contributed by atoms with Gasteiger partial charge in [0.15, 0.2) is 0 Å². The van der Waals surface area contributed by atoms with Crippen molar-refractivity contribution < 1.29 is 19.2 Å². The van der Waals surface area contributed by atoms with E-state index in [0.717, 1.165) is 12.0 Å². The topological polar surface area (TPSA) is 49.7 Å². The normalized spacial score (nSPS) is 12.8. The molecule has 1 aromatic carbocycles. The van der Waals surface area contributed by atoms with Gasteiger partial charge in [0.25, 0.3) is 0 Å². The zero-order valence-corrected chi connectivity index (χ0v) is 11.1. The van der Waals surface area contributed by atoms with Gasteiger partial charge in [0, 0.05) is 5.46 Å². The van der Waals surface area contributed by atoms with Gasteiger partial charge in [-0.3, -0.25) is 0 Å². The Bertz CT molecular complexity index is 382. The lowest BCUT2D eigenvalue weighted by molar-refractivity contribution is 0.0397. The van der Waals surface area contributed by atoms with Crippen molar-refractivity contribution in [1.82, 2.24) is 0 Å². The second-order valence-electron chi connectivity index (χ2n) is 4.98. The van der Waals surface area contributed by atoms with E-state index in [0.29, 0.717) is 12.5 Å². The SMILES string of the molecule is CC(C)CC(C)OCc1ccc(F)c(B(O)O)c1. The molecule has 3 nitrogen and oxygen atoms in total. The van der Waals surface area contributed by atoms with Crippen LogP contribution < -0.4 is 5.46 Å². The molecule has 18 heavy (non-hydrogen) atoms. The summed E-state index contributed by atoms with van der Waals surface area (Å²) in [5.41, 5.74) is 0.614. The molecule has 1 aromatic rings. The molecule has 0 bridgehead atoms. The number of hydrogen-bond donors (Lipinski definition) is 2. The van der Waals surface area contributed by atoms with Crippen molar-refractivity contribution in [3.8, 4) is 0 Å². The van der Waals surface area contributed by atoms with Crippen LogP contribution in [0.25, 0.3) is 0 Å². The molecule has 1 atom stereocenters. The van der Waals surface area contributed by atoms with Crippen LogP contribution in [0.2, 0.25) is 0 Å². The summed E-state index contributed by atoms with van der Waals surface area (Å²) in [7, 11) is -1.79. The van der Waals surface area contributed by atoms with E-state index in [1.54, 1.807) is 6.07 Å². The highest BCUT2D eigenvalue weighted by atomic mass is 19.1. The van der Waals surface area contributed by atoms with Gasteiger partial charge in [-0.2, -0.15) is 0 Å². The highest BCUT2D eigenvalue weighted by Gasteiger charge is 2.17. The maximum Gasteiger partial charge on any atom is 0.491 e. The van der Waals surface area contributed by atoms with Crippen LogP contribution in [-0.4, -0.2) is 23.3 Å². The molecule has 0 saturated carbocycles. The number of rotatable bonds is 6. The Morgan fingerprint density at radius 3 is 2.50 bits per heavy atom. The van der Waals surface area contributed by atoms with Gasteiger partial charge in [0.1, 0.15) is 5.82 Å². The van der Waals surface area contributed by atoms with Crippen molar-refractivity contribution in [3.05, 3.63) is 29.6 Å². The molecule has 100 valence electrons. The van der Waals surface area contributed by atoms with Crippen molar-refractivity contribution in [2.45, 2.75) is 39.9 Å². The van der Waals surface area contributed by atoms with Crippen LogP contribution in [0.5, 0.6) is 0 Å². The van der Waals surface area contributed by atoms with E-state index < -0.39 is 12.9 Å². The van der Waals surface area contributed by atoms with Crippen LogP contribution in [-0.2, 0) is 11.3 Å². The lowest BCUT2D eigenvalue weighted by Crippen LogP contribution is -2.33. The van der Waals surface area contributed by atoms with E-state index in [-0.39, 0.29) is 11.6 Å². The predicted octanol–water partition coefficient (Wildman–Crippen LogP) is 1.46. The lowest BCUT2D eigenvalue weighted by Gasteiger charge is -2.15. The van der Waals surface area contributed by atoms with Crippen molar-refractivity contribution in [2.24, 2.45) is 5.92 Å². The first-order chi connectivity index (χ1) is 8.40. The fourth-order valence-corrected chi connectivity index (χ4v) is 1.85. The van der Waals surface area contributed by atoms with E-state index in [4.69, 9.17) is 14.8 Å². The molecule has 0 heterocycles. The third kappa shape index (κ3) is 4.76. The average Bonchev–Trinajstić information content (AvgIpc) is 2.26. The van der Waals surface area contributed by atoms with Crippen molar-refractivity contribution in [1.29, 1.82) is 0 Å². The summed E-state index contributed by atoms with van der Waals surface area (Å²) in [6.45, 7) is 6.58. The minimum Gasteiger partial charge on any atom is -0.423 e. The molecule has 1 rings (SSSR count). The summed E-state index contributed by atoms with van der Waals surface area (Å²) in [6.07, 6.45) is 1.08. The Kier molecular flexibility index (Phi) is 5.79. The third-order valence-corrected chi connectivity index (χ3v) is 2.68. The molecule has 0 saturated heterocycles. The predicted molar refractivity (Wildman–Crippen MR) is 69.9 cm³/mol. The number of benzene rings is 1. The summed E-state index contributed by atoms with van der Waals surface area (Å²) in [6, 6.07) is 4.23. The van der Waals surface area contributed by atoms with Crippen LogP contribution in [0.4, 0.5) is 4.39 Å². The van der Waals surface area contributed by atoms with Crippen LogP contribution in [0, 0.1) is 11.7 Å². The van der Waals surface area contributed by atoms with Gasteiger partial charge in [-0.25, -0.2) is 4.39 Å². The van der Waals surface area contributed by atoms with Gasteiger partial charge in [-0.1, -0.05) is 26.0 Å². The molecule has 0 aliphatic heterocycles. The zero-order chi connectivity index (χ0) is 13.7. The fraction of sp³-hybridized carbons (Fsp3) is 0.538. The maximum atomic E-state index is 13.2. The first kappa shape index (κ1) is 15.2. The molecule has 2 N–H and O–H groups in total. The van der Waals surface area contributed by atoms with Gasteiger partial charge in [0.05, 0.1) is 12.7 Å². The Morgan fingerprint density at radius 2 is 1.94 bits per heavy atom. The van der Waals surface area contributed by atoms with Gasteiger partial charge < -0.3 is 14.8 Å². The first-order valence-corrected chi connectivity index (χ1v) is 6.16. The molecule has 0 fully saturated rings. The van der Waals surface area contributed by atoms with E-state index >= 15 is 0 Å². The van der Waals surface area contributed by atoms with Gasteiger partial charge in [-0.15, -0.1) is 0 Å². The molecule has 0 radical (unpaired) electrons. The minimum atomic E-state index is -1.79. The molecule has 5 heteroatoms. The van der Waals surface area contributed by atoms with E-state index in [2.05, 4.69) is 13.8 Å². The van der Waals surface area contributed by atoms with E-state index in [1.807, 2.05) is 6.92 Å². The van der Waals surface area contributed by atoms with Crippen LogP contribution in [0.3, 0.4) is 0 Å². The zero-order valence-electron chi connectivity index (χ0n) is 11.1. The van der Waals surface area contributed by atoms with Gasteiger partial charge in [-0.05, 0) is 30.9 Å². The molecule has 0 aromatic heterocycles. The lowest BCUT2D eigenvalue weighted by atomic mass is 9.79. The third-order valence-electron chi connectivity index (χ3n) is 2.68. The van der Waals surface area contributed by atoms with Crippen LogP contribution in [0.1, 0.15) is 32.8 Å². The molecule has 0 spiro atoms. The Labute approximate surface area is 108 Å². The van der Waals surface area contributed by atoms with Crippen molar-refractivity contribution >= 4 is 12.6 Å². The van der Waals surface area contributed by atoms with Gasteiger partial charge >= 0.3 is 7.12 Å². The smallest absolute Gasteiger partial charge is 0.423 e.